The number of piperidine rings is 1. The van der Waals surface area contributed by atoms with Crippen LogP contribution in [0.15, 0.2) is 24.5 Å². The topological polar surface area (TPSA) is 28.2 Å². The van der Waals surface area contributed by atoms with Gasteiger partial charge in [0.25, 0.3) is 0 Å². The first-order valence-corrected chi connectivity index (χ1v) is 6.74. The molecule has 0 amide bonds. The second-order valence-electron chi connectivity index (χ2n) is 4.81. The molecule has 1 N–H and O–H groups in total. The number of halogens is 1. The minimum atomic E-state index is 0. The Labute approximate surface area is 116 Å². The maximum atomic E-state index is 4.20. The van der Waals surface area contributed by atoms with E-state index in [2.05, 4.69) is 28.2 Å². The Morgan fingerprint density at radius 1 is 1.39 bits per heavy atom. The Kier molecular flexibility index (Phi) is 7.25. The highest BCUT2D eigenvalue weighted by atomic mass is 35.5. The lowest BCUT2D eigenvalue weighted by Crippen LogP contribution is -2.43. The molecule has 0 unspecified atom stereocenters. The zero-order chi connectivity index (χ0) is 11.9. The Morgan fingerprint density at radius 3 is 2.78 bits per heavy atom. The number of nitrogens with zero attached hydrogens (tertiary/aromatic N) is 2. The summed E-state index contributed by atoms with van der Waals surface area (Å²) in [5.74, 6) is 0. The Hall–Kier alpha value is -0.640. The summed E-state index contributed by atoms with van der Waals surface area (Å²) in [5.41, 5.74) is 1.33. The van der Waals surface area contributed by atoms with Crippen molar-refractivity contribution in [1.82, 2.24) is 15.2 Å². The van der Waals surface area contributed by atoms with Crippen molar-refractivity contribution < 1.29 is 0 Å². The Bertz CT molecular complexity index is 312. The predicted molar refractivity (Wildman–Crippen MR) is 78.1 cm³/mol. The Balaban J connectivity index is 0.00000162. The molecule has 0 radical (unpaired) electrons. The van der Waals surface area contributed by atoms with Gasteiger partial charge in [-0.15, -0.1) is 12.4 Å². The van der Waals surface area contributed by atoms with Gasteiger partial charge in [-0.2, -0.15) is 0 Å². The molecule has 1 aliphatic rings. The van der Waals surface area contributed by atoms with E-state index in [1.54, 1.807) is 0 Å². The van der Waals surface area contributed by atoms with E-state index >= 15 is 0 Å². The minimum absolute atomic E-state index is 0. The minimum Gasteiger partial charge on any atom is -0.317 e. The highest BCUT2D eigenvalue weighted by Gasteiger charge is 2.20. The van der Waals surface area contributed by atoms with Crippen LogP contribution in [0.5, 0.6) is 0 Å². The maximum absolute atomic E-state index is 4.20. The summed E-state index contributed by atoms with van der Waals surface area (Å²) >= 11 is 0. The van der Waals surface area contributed by atoms with Gasteiger partial charge in [-0.05, 0) is 50.5 Å². The summed E-state index contributed by atoms with van der Waals surface area (Å²) in [7, 11) is 0. The van der Waals surface area contributed by atoms with Crippen molar-refractivity contribution in [2.45, 2.75) is 38.8 Å². The first kappa shape index (κ1) is 15.4. The van der Waals surface area contributed by atoms with E-state index in [0.717, 1.165) is 25.7 Å². The van der Waals surface area contributed by atoms with E-state index in [0.29, 0.717) is 0 Å². The summed E-state index contributed by atoms with van der Waals surface area (Å²) in [6, 6.07) is 4.95. The van der Waals surface area contributed by atoms with E-state index in [1.807, 2.05) is 18.5 Å². The fourth-order valence-corrected chi connectivity index (χ4v) is 2.58. The SMILES string of the molecule is CCCN(Cc1cccnc1)C1CCNCC1.Cl. The summed E-state index contributed by atoms with van der Waals surface area (Å²) in [6.45, 7) is 6.83. The second-order valence-corrected chi connectivity index (χ2v) is 4.81. The van der Waals surface area contributed by atoms with Gasteiger partial charge in [0.05, 0.1) is 0 Å². The quantitative estimate of drug-likeness (QED) is 0.890. The van der Waals surface area contributed by atoms with Gasteiger partial charge >= 0.3 is 0 Å². The average Bonchev–Trinajstić information content (AvgIpc) is 2.40. The van der Waals surface area contributed by atoms with Crippen molar-refractivity contribution in [2.24, 2.45) is 0 Å². The average molecular weight is 270 g/mol. The molecule has 0 aliphatic carbocycles. The molecule has 1 aromatic heterocycles. The van der Waals surface area contributed by atoms with Crippen LogP contribution in [0.2, 0.25) is 0 Å². The molecule has 18 heavy (non-hydrogen) atoms. The van der Waals surface area contributed by atoms with Crippen molar-refractivity contribution >= 4 is 12.4 Å². The van der Waals surface area contributed by atoms with Gasteiger partial charge < -0.3 is 5.32 Å². The first-order valence-electron chi connectivity index (χ1n) is 6.74. The lowest BCUT2D eigenvalue weighted by molar-refractivity contribution is 0.154. The molecule has 0 spiro atoms. The smallest absolute Gasteiger partial charge is 0.0312 e. The molecule has 2 rings (SSSR count). The van der Waals surface area contributed by atoms with Crippen LogP contribution in [-0.4, -0.2) is 35.6 Å². The van der Waals surface area contributed by atoms with Crippen LogP contribution in [0.4, 0.5) is 0 Å². The maximum Gasteiger partial charge on any atom is 0.0312 e. The highest BCUT2D eigenvalue weighted by molar-refractivity contribution is 5.85. The van der Waals surface area contributed by atoms with Gasteiger partial charge in [0.1, 0.15) is 0 Å². The monoisotopic (exact) mass is 269 g/mol. The van der Waals surface area contributed by atoms with Crippen LogP contribution in [0.3, 0.4) is 0 Å². The normalized spacial score (nSPS) is 16.6. The number of hydrogen-bond donors (Lipinski definition) is 1. The first-order chi connectivity index (χ1) is 8.40. The predicted octanol–water partition coefficient (Wildman–Crippen LogP) is 2.47. The molecule has 1 aromatic rings. The molecular weight excluding hydrogens is 246 g/mol. The van der Waals surface area contributed by atoms with Crippen molar-refractivity contribution in [3.8, 4) is 0 Å². The molecule has 4 heteroatoms. The second kappa shape index (κ2) is 8.46. The summed E-state index contributed by atoms with van der Waals surface area (Å²) in [5, 5.41) is 3.44. The van der Waals surface area contributed by atoms with E-state index in [4.69, 9.17) is 0 Å². The summed E-state index contributed by atoms with van der Waals surface area (Å²) < 4.78 is 0. The third-order valence-corrected chi connectivity index (χ3v) is 3.44. The Morgan fingerprint density at radius 2 is 2.17 bits per heavy atom. The van der Waals surface area contributed by atoms with Gasteiger partial charge in [0.2, 0.25) is 0 Å². The van der Waals surface area contributed by atoms with Gasteiger partial charge in [-0.1, -0.05) is 13.0 Å². The lowest BCUT2D eigenvalue weighted by atomic mass is 10.0. The molecule has 1 aliphatic heterocycles. The third-order valence-electron chi connectivity index (χ3n) is 3.44. The molecule has 2 heterocycles. The van der Waals surface area contributed by atoms with Crippen molar-refractivity contribution in [1.29, 1.82) is 0 Å². The zero-order valence-corrected chi connectivity index (χ0v) is 12.0. The van der Waals surface area contributed by atoms with Crippen LogP contribution in [-0.2, 0) is 6.54 Å². The zero-order valence-electron chi connectivity index (χ0n) is 11.1. The number of aromatic nitrogens is 1. The van der Waals surface area contributed by atoms with Crippen LogP contribution in [0, 0.1) is 0 Å². The fourth-order valence-electron chi connectivity index (χ4n) is 2.58. The van der Waals surface area contributed by atoms with Gasteiger partial charge in [0.15, 0.2) is 0 Å². The fraction of sp³-hybridized carbons (Fsp3) is 0.643. The molecular formula is C14H24ClN3. The lowest BCUT2D eigenvalue weighted by Gasteiger charge is -2.34. The molecule has 1 fully saturated rings. The van der Waals surface area contributed by atoms with Crippen molar-refractivity contribution in [3.63, 3.8) is 0 Å². The molecule has 0 aromatic carbocycles. The highest BCUT2D eigenvalue weighted by Crippen LogP contribution is 2.15. The van der Waals surface area contributed by atoms with E-state index in [1.165, 1.54) is 31.4 Å². The molecule has 0 saturated carbocycles. The van der Waals surface area contributed by atoms with Crippen LogP contribution < -0.4 is 5.32 Å². The molecule has 0 bridgehead atoms. The van der Waals surface area contributed by atoms with Crippen molar-refractivity contribution in [3.05, 3.63) is 30.1 Å². The number of hydrogen-bond acceptors (Lipinski definition) is 3. The standard InChI is InChI=1S/C14H23N3.ClH/c1-2-10-17(14-5-8-15-9-6-14)12-13-4-3-7-16-11-13;/h3-4,7,11,14-15H,2,5-6,8-10,12H2,1H3;1H. The van der Waals surface area contributed by atoms with Crippen LogP contribution >= 0.6 is 12.4 Å². The number of pyridine rings is 1. The number of rotatable bonds is 5. The molecule has 3 nitrogen and oxygen atoms in total. The van der Waals surface area contributed by atoms with Crippen molar-refractivity contribution in [2.75, 3.05) is 19.6 Å². The van der Waals surface area contributed by atoms with E-state index in [9.17, 15) is 0 Å². The summed E-state index contributed by atoms with van der Waals surface area (Å²) in [4.78, 5) is 6.83. The van der Waals surface area contributed by atoms with E-state index < -0.39 is 0 Å². The number of nitrogens with one attached hydrogen (secondary N) is 1. The molecule has 0 atom stereocenters. The molecule has 1 saturated heterocycles. The van der Waals surface area contributed by atoms with Crippen LogP contribution in [0.25, 0.3) is 0 Å². The van der Waals surface area contributed by atoms with Crippen LogP contribution in [0.1, 0.15) is 31.7 Å². The summed E-state index contributed by atoms with van der Waals surface area (Å²) in [6.07, 6.45) is 7.62. The van der Waals surface area contributed by atoms with Gasteiger partial charge in [-0.25, -0.2) is 0 Å². The van der Waals surface area contributed by atoms with Gasteiger partial charge in [0, 0.05) is 25.0 Å². The van der Waals surface area contributed by atoms with E-state index in [-0.39, 0.29) is 12.4 Å². The van der Waals surface area contributed by atoms with Gasteiger partial charge in [-0.3, -0.25) is 9.88 Å². The molecule has 102 valence electrons. The largest absolute Gasteiger partial charge is 0.317 e. The third kappa shape index (κ3) is 4.56.